The molecule has 0 aliphatic carbocycles. The number of carbonyl (C=O) groups is 1. The molecule has 0 bridgehead atoms. The van der Waals surface area contributed by atoms with E-state index in [1.54, 1.807) is 0 Å². The predicted octanol–water partition coefficient (Wildman–Crippen LogP) is 1.74. The number of aryl methyl sites for hydroxylation is 1. The number of rotatable bonds is 3. The summed E-state index contributed by atoms with van der Waals surface area (Å²) in [5.41, 5.74) is 0.201. The lowest BCUT2D eigenvalue weighted by Gasteiger charge is -2.07. The molecule has 0 saturated carbocycles. The van der Waals surface area contributed by atoms with Crippen LogP contribution in [0, 0.1) is 18.6 Å². The fraction of sp³-hybridized carbons (Fsp3) is 0.222. The Balaban J connectivity index is 2.95. The summed E-state index contributed by atoms with van der Waals surface area (Å²) in [7, 11) is 0. The van der Waals surface area contributed by atoms with Crippen molar-refractivity contribution in [2.24, 2.45) is 0 Å². The summed E-state index contributed by atoms with van der Waals surface area (Å²) in [6.45, 7) is 0.666. The molecule has 3 nitrogen and oxygen atoms in total. The first kappa shape index (κ1) is 10.4. The summed E-state index contributed by atoms with van der Waals surface area (Å²) in [4.78, 5) is 10.1. The van der Waals surface area contributed by atoms with Crippen molar-refractivity contribution in [2.45, 2.75) is 6.92 Å². The van der Waals surface area contributed by atoms with Crippen molar-refractivity contribution in [1.82, 2.24) is 0 Å². The monoisotopic (exact) mass is 202 g/mol. The van der Waals surface area contributed by atoms with Crippen LogP contribution in [0.1, 0.15) is 5.56 Å². The van der Waals surface area contributed by atoms with Crippen LogP contribution in [-0.4, -0.2) is 17.7 Å². The van der Waals surface area contributed by atoms with Gasteiger partial charge in [0.2, 0.25) is 0 Å². The molecule has 0 aliphatic heterocycles. The summed E-state index contributed by atoms with van der Waals surface area (Å²) >= 11 is 0. The van der Waals surface area contributed by atoms with E-state index in [0.29, 0.717) is 0 Å². The van der Waals surface area contributed by atoms with E-state index in [0.717, 1.165) is 6.07 Å². The van der Waals surface area contributed by atoms with Crippen molar-refractivity contribution in [3.63, 3.8) is 0 Å². The summed E-state index contributed by atoms with van der Waals surface area (Å²) < 4.78 is 30.5. The average Bonchev–Trinajstić information content (AvgIpc) is 2.11. The number of halogens is 2. The summed E-state index contributed by atoms with van der Waals surface area (Å²) in [6, 6.07) is 2.27. The van der Waals surface area contributed by atoms with Crippen molar-refractivity contribution in [3.8, 4) is 5.75 Å². The van der Waals surface area contributed by atoms with E-state index in [2.05, 4.69) is 4.74 Å². The van der Waals surface area contributed by atoms with E-state index in [1.807, 2.05) is 0 Å². The summed E-state index contributed by atoms with van der Waals surface area (Å²) in [6.07, 6.45) is 0. The molecule has 1 rings (SSSR count). The van der Waals surface area contributed by atoms with Gasteiger partial charge < -0.3 is 9.84 Å². The lowest BCUT2D eigenvalue weighted by Crippen LogP contribution is -2.11. The van der Waals surface area contributed by atoms with E-state index < -0.39 is 30.0 Å². The smallest absolute Gasteiger partial charge is 0.341 e. The van der Waals surface area contributed by atoms with Crippen LogP contribution >= 0.6 is 0 Å². The lowest BCUT2D eigenvalue weighted by molar-refractivity contribution is -0.139. The highest BCUT2D eigenvalue weighted by Crippen LogP contribution is 2.23. The fourth-order valence-electron chi connectivity index (χ4n) is 0.897. The zero-order valence-electron chi connectivity index (χ0n) is 7.38. The second-order valence-electron chi connectivity index (χ2n) is 2.69. The van der Waals surface area contributed by atoms with Crippen LogP contribution in [0.2, 0.25) is 0 Å². The molecule has 0 heterocycles. The number of hydrogen-bond donors (Lipinski definition) is 1. The second-order valence-corrected chi connectivity index (χ2v) is 2.69. The highest BCUT2D eigenvalue weighted by molar-refractivity contribution is 5.68. The topological polar surface area (TPSA) is 46.5 Å². The van der Waals surface area contributed by atoms with E-state index in [9.17, 15) is 13.6 Å². The minimum atomic E-state index is -1.29. The van der Waals surface area contributed by atoms with E-state index >= 15 is 0 Å². The third kappa shape index (κ3) is 2.18. The van der Waals surface area contributed by atoms with Crippen molar-refractivity contribution < 1.29 is 23.4 Å². The fourth-order valence-corrected chi connectivity index (χ4v) is 0.897. The molecule has 0 radical (unpaired) electrons. The van der Waals surface area contributed by atoms with Gasteiger partial charge in [-0.15, -0.1) is 0 Å². The molecule has 0 saturated heterocycles. The maximum Gasteiger partial charge on any atom is 0.341 e. The van der Waals surface area contributed by atoms with Gasteiger partial charge in [0, 0.05) is 0 Å². The Hall–Kier alpha value is -1.65. The minimum absolute atomic E-state index is 0.201. The molecule has 0 aromatic heterocycles. The molecular weight excluding hydrogens is 194 g/mol. The third-order valence-corrected chi connectivity index (χ3v) is 1.58. The van der Waals surface area contributed by atoms with Crippen molar-refractivity contribution in [1.29, 1.82) is 0 Å². The molecule has 0 amide bonds. The third-order valence-electron chi connectivity index (χ3n) is 1.58. The van der Waals surface area contributed by atoms with E-state index in [-0.39, 0.29) is 5.56 Å². The van der Waals surface area contributed by atoms with Gasteiger partial charge in [0.05, 0.1) is 0 Å². The normalized spacial score (nSPS) is 9.93. The van der Waals surface area contributed by atoms with Crippen LogP contribution in [0.25, 0.3) is 0 Å². The van der Waals surface area contributed by atoms with Gasteiger partial charge in [-0.25, -0.2) is 13.6 Å². The van der Waals surface area contributed by atoms with Gasteiger partial charge in [-0.1, -0.05) is 6.07 Å². The van der Waals surface area contributed by atoms with Crippen LogP contribution < -0.4 is 4.74 Å². The molecule has 1 N–H and O–H groups in total. The van der Waals surface area contributed by atoms with Gasteiger partial charge in [0.15, 0.2) is 24.0 Å². The van der Waals surface area contributed by atoms with Gasteiger partial charge in [-0.2, -0.15) is 0 Å². The molecule has 14 heavy (non-hydrogen) atoms. The molecule has 0 unspecified atom stereocenters. The molecule has 0 aliphatic rings. The molecule has 5 heteroatoms. The van der Waals surface area contributed by atoms with Gasteiger partial charge in [0.1, 0.15) is 0 Å². The predicted molar refractivity (Wildman–Crippen MR) is 44.2 cm³/mol. The Kier molecular flexibility index (Phi) is 3.01. The molecule has 1 aromatic carbocycles. The SMILES string of the molecule is Cc1ccc(F)c(OCC(=O)O)c1F. The molecular formula is C9H8F2O3. The largest absolute Gasteiger partial charge is 0.479 e. The molecule has 0 fully saturated rings. The maximum absolute atomic E-state index is 13.2. The lowest BCUT2D eigenvalue weighted by atomic mass is 10.2. The van der Waals surface area contributed by atoms with Gasteiger partial charge >= 0.3 is 5.97 Å². The number of ether oxygens (including phenoxy) is 1. The molecule has 76 valence electrons. The van der Waals surface area contributed by atoms with Crippen molar-refractivity contribution in [2.75, 3.05) is 6.61 Å². The number of benzene rings is 1. The quantitative estimate of drug-likeness (QED) is 0.811. The highest BCUT2D eigenvalue weighted by atomic mass is 19.1. The number of carboxylic acids is 1. The van der Waals surface area contributed by atoms with Gasteiger partial charge in [-0.05, 0) is 18.6 Å². The molecule has 1 aromatic rings. The Morgan fingerprint density at radius 1 is 1.50 bits per heavy atom. The van der Waals surface area contributed by atoms with Crippen LogP contribution in [0.5, 0.6) is 5.75 Å². The first-order chi connectivity index (χ1) is 6.52. The first-order valence-electron chi connectivity index (χ1n) is 3.81. The zero-order valence-corrected chi connectivity index (χ0v) is 7.38. The zero-order chi connectivity index (χ0) is 10.7. The van der Waals surface area contributed by atoms with Crippen molar-refractivity contribution >= 4 is 5.97 Å². The Bertz CT molecular complexity index is 363. The summed E-state index contributed by atoms with van der Waals surface area (Å²) in [5, 5.41) is 8.26. The number of carboxylic acid groups (broad SMARTS) is 1. The van der Waals surface area contributed by atoms with E-state index in [1.165, 1.54) is 13.0 Å². The van der Waals surface area contributed by atoms with Gasteiger partial charge in [0.25, 0.3) is 0 Å². The maximum atomic E-state index is 13.2. The van der Waals surface area contributed by atoms with Crippen LogP contribution in [0.4, 0.5) is 8.78 Å². The average molecular weight is 202 g/mol. The van der Waals surface area contributed by atoms with E-state index in [4.69, 9.17) is 5.11 Å². The van der Waals surface area contributed by atoms with Gasteiger partial charge in [-0.3, -0.25) is 0 Å². The highest BCUT2D eigenvalue weighted by Gasteiger charge is 2.13. The molecule has 0 spiro atoms. The number of aliphatic carboxylic acids is 1. The first-order valence-corrected chi connectivity index (χ1v) is 3.81. The van der Waals surface area contributed by atoms with Crippen LogP contribution in [0.15, 0.2) is 12.1 Å². The minimum Gasteiger partial charge on any atom is -0.479 e. The molecule has 0 atom stereocenters. The Morgan fingerprint density at radius 2 is 2.14 bits per heavy atom. The standard InChI is InChI=1S/C9H8F2O3/c1-5-2-3-6(10)9(8(5)11)14-4-7(12)13/h2-3H,4H2,1H3,(H,12,13). The Morgan fingerprint density at radius 3 is 2.71 bits per heavy atom. The number of hydrogen-bond acceptors (Lipinski definition) is 2. The van der Waals surface area contributed by atoms with Crippen LogP contribution in [-0.2, 0) is 4.79 Å². The second kappa shape index (κ2) is 4.04. The van der Waals surface area contributed by atoms with Crippen molar-refractivity contribution in [3.05, 3.63) is 29.3 Å². The van der Waals surface area contributed by atoms with Crippen LogP contribution in [0.3, 0.4) is 0 Å². The Labute approximate surface area is 78.9 Å². The summed E-state index contributed by atoms with van der Waals surface area (Å²) in [5.74, 6) is -3.71.